The van der Waals surface area contributed by atoms with E-state index in [0.717, 1.165) is 6.07 Å². The third-order valence-corrected chi connectivity index (χ3v) is 5.35. The second kappa shape index (κ2) is 10.1. The molecule has 33 heavy (non-hydrogen) atoms. The van der Waals surface area contributed by atoms with Crippen molar-refractivity contribution >= 4 is 23.0 Å². The molecule has 3 aromatic carbocycles. The van der Waals surface area contributed by atoms with Crippen LogP contribution in [0.15, 0.2) is 65.6 Å². The lowest BCUT2D eigenvalue weighted by atomic mass is 9.97. The molecule has 4 N–H and O–H groups in total. The Morgan fingerprint density at radius 3 is 2.45 bits per heavy atom. The Balaban J connectivity index is 1.90. The SMILES string of the molecule is COc1cc(NC(=O)c2ccc(-c3ccccc3OC(F)(F)F)c(CO)c2)ccc1[S+](N)[O-]. The molecule has 7 nitrogen and oxygen atoms in total. The number of amides is 1. The number of nitrogens with two attached hydrogens (primary N) is 1. The molecule has 11 heteroatoms. The summed E-state index contributed by atoms with van der Waals surface area (Å²) in [5.74, 6) is -0.748. The first-order chi connectivity index (χ1) is 15.6. The minimum Gasteiger partial charge on any atom is -0.593 e. The fraction of sp³-hybridized carbons (Fsp3) is 0.136. The predicted octanol–water partition coefficient (Wildman–Crippen LogP) is 3.99. The number of alkyl halides is 3. The van der Waals surface area contributed by atoms with Gasteiger partial charge < -0.3 is 24.4 Å². The summed E-state index contributed by atoms with van der Waals surface area (Å²) in [6.07, 6.45) is -4.89. The molecule has 3 aromatic rings. The van der Waals surface area contributed by atoms with Gasteiger partial charge in [0.1, 0.15) is 5.75 Å². The second-order valence-electron chi connectivity index (χ2n) is 6.69. The number of carbonyl (C=O) groups is 1. The monoisotopic (exact) mass is 480 g/mol. The molecule has 1 atom stereocenters. The summed E-state index contributed by atoms with van der Waals surface area (Å²) in [5, 5.41) is 17.8. The molecular weight excluding hydrogens is 461 g/mol. The van der Waals surface area contributed by atoms with Crippen LogP contribution < -0.4 is 19.9 Å². The van der Waals surface area contributed by atoms with E-state index >= 15 is 0 Å². The molecule has 0 saturated carbocycles. The van der Waals surface area contributed by atoms with E-state index in [0.29, 0.717) is 5.69 Å². The van der Waals surface area contributed by atoms with Gasteiger partial charge in [0, 0.05) is 28.9 Å². The summed E-state index contributed by atoms with van der Waals surface area (Å²) < 4.78 is 59.0. The maximum absolute atomic E-state index is 12.8. The van der Waals surface area contributed by atoms with Crippen LogP contribution in [0.3, 0.4) is 0 Å². The summed E-state index contributed by atoms with van der Waals surface area (Å²) in [4.78, 5) is 13.0. The normalized spacial score (nSPS) is 12.2. The molecule has 0 radical (unpaired) electrons. The first kappa shape index (κ1) is 24.4. The van der Waals surface area contributed by atoms with Crippen molar-refractivity contribution in [1.29, 1.82) is 0 Å². The molecule has 0 aliphatic carbocycles. The van der Waals surface area contributed by atoms with Crippen molar-refractivity contribution in [1.82, 2.24) is 0 Å². The first-order valence-electron chi connectivity index (χ1n) is 9.37. The number of aliphatic hydroxyl groups excluding tert-OH is 1. The van der Waals surface area contributed by atoms with Gasteiger partial charge in [0.2, 0.25) is 4.90 Å². The summed E-state index contributed by atoms with van der Waals surface area (Å²) in [5.41, 5.74) is 1.12. The summed E-state index contributed by atoms with van der Waals surface area (Å²) in [6.45, 7) is -0.526. The zero-order valence-electron chi connectivity index (χ0n) is 17.2. The Morgan fingerprint density at radius 2 is 1.82 bits per heavy atom. The third-order valence-electron chi connectivity index (χ3n) is 4.58. The number of hydrogen-bond acceptors (Lipinski definition) is 6. The number of rotatable bonds is 7. The predicted molar refractivity (Wildman–Crippen MR) is 116 cm³/mol. The molecule has 174 valence electrons. The Hall–Kier alpha value is -3.25. The number of anilines is 1. The maximum atomic E-state index is 12.8. The van der Waals surface area contributed by atoms with Crippen LogP contribution in [0.5, 0.6) is 11.5 Å². The zero-order chi connectivity index (χ0) is 24.2. The maximum Gasteiger partial charge on any atom is 0.573 e. The Kier molecular flexibility index (Phi) is 7.49. The van der Waals surface area contributed by atoms with E-state index in [1.54, 1.807) is 0 Å². The van der Waals surface area contributed by atoms with Crippen LogP contribution in [0.4, 0.5) is 18.9 Å². The lowest BCUT2D eigenvalue weighted by Crippen LogP contribution is -2.17. The van der Waals surface area contributed by atoms with E-state index in [1.807, 2.05) is 0 Å². The molecule has 0 aliphatic heterocycles. The molecule has 0 fully saturated rings. The van der Waals surface area contributed by atoms with E-state index in [2.05, 4.69) is 10.1 Å². The zero-order valence-corrected chi connectivity index (χ0v) is 18.0. The second-order valence-corrected chi connectivity index (χ2v) is 7.73. The van der Waals surface area contributed by atoms with E-state index in [-0.39, 0.29) is 32.9 Å². The van der Waals surface area contributed by atoms with E-state index in [4.69, 9.17) is 9.88 Å². The van der Waals surface area contributed by atoms with Gasteiger partial charge in [-0.2, -0.15) is 0 Å². The molecule has 0 saturated heterocycles. The molecule has 0 heterocycles. The van der Waals surface area contributed by atoms with Crippen LogP contribution in [-0.4, -0.2) is 29.0 Å². The highest BCUT2D eigenvalue weighted by molar-refractivity contribution is 7.89. The molecule has 0 bridgehead atoms. The fourth-order valence-electron chi connectivity index (χ4n) is 3.15. The number of aliphatic hydroxyl groups is 1. The van der Waals surface area contributed by atoms with Crippen LogP contribution in [0.25, 0.3) is 11.1 Å². The van der Waals surface area contributed by atoms with Gasteiger partial charge in [-0.25, -0.2) is 0 Å². The molecule has 1 amide bonds. The number of nitrogens with one attached hydrogen (secondary N) is 1. The highest BCUT2D eigenvalue weighted by atomic mass is 32.2. The lowest BCUT2D eigenvalue weighted by Gasteiger charge is -2.16. The number of hydrogen-bond donors (Lipinski definition) is 3. The first-order valence-corrected chi connectivity index (χ1v) is 10.6. The average molecular weight is 480 g/mol. The van der Waals surface area contributed by atoms with E-state index in [9.17, 15) is 27.6 Å². The molecule has 0 spiro atoms. The van der Waals surface area contributed by atoms with E-state index in [1.165, 1.54) is 61.7 Å². The summed E-state index contributed by atoms with van der Waals surface area (Å²) in [7, 11) is 1.36. The average Bonchev–Trinajstić information content (AvgIpc) is 2.77. The number of methoxy groups -OCH3 is 1. The van der Waals surface area contributed by atoms with Crippen molar-refractivity contribution in [3.63, 3.8) is 0 Å². The Bertz CT molecular complexity index is 1160. The van der Waals surface area contributed by atoms with Crippen molar-refractivity contribution in [2.24, 2.45) is 5.14 Å². The van der Waals surface area contributed by atoms with Crippen molar-refractivity contribution < 1.29 is 37.1 Å². The van der Waals surface area contributed by atoms with Crippen molar-refractivity contribution in [2.75, 3.05) is 12.4 Å². The standard InChI is InChI=1S/C22H19F3N2O5S/c1-31-19-11-15(7-9-20(19)33(26)30)27-21(29)13-6-8-16(14(10-13)12-28)17-4-2-3-5-18(17)32-22(23,24)25/h2-11,28H,12,26H2,1H3,(H,27,29). The van der Waals surface area contributed by atoms with Crippen molar-refractivity contribution in [3.05, 3.63) is 71.8 Å². The smallest absolute Gasteiger partial charge is 0.573 e. The number of benzene rings is 3. The van der Waals surface area contributed by atoms with Gasteiger partial charge in [-0.15, -0.1) is 18.3 Å². The van der Waals surface area contributed by atoms with Gasteiger partial charge in [0.05, 0.1) is 25.1 Å². The Labute approximate surface area is 190 Å². The molecule has 0 aliphatic rings. The van der Waals surface area contributed by atoms with Crippen molar-refractivity contribution in [2.45, 2.75) is 17.9 Å². The van der Waals surface area contributed by atoms with E-state index < -0.39 is 36.0 Å². The van der Waals surface area contributed by atoms with Gasteiger partial charge >= 0.3 is 6.36 Å². The third kappa shape index (κ3) is 5.96. The number of ether oxygens (including phenoxy) is 2. The van der Waals surface area contributed by atoms with Crippen LogP contribution in [0.2, 0.25) is 0 Å². The Morgan fingerprint density at radius 1 is 1.09 bits per heavy atom. The number of para-hydroxylation sites is 1. The highest BCUT2D eigenvalue weighted by Crippen LogP contribution is 2.36. The minimum atomic E-state index is -4.89. The highest BCUT2D eigenvalue weighted by Gasteiger charge is 2.32. The molecular formula is C22H19F3N2O5S. The number of halogens is 3. The van der Waals surface area contributed by atoms with Gasteiger partial charge in [0.25, 0.3) is 5.91 Å². The van der Waals surface area contributed by atoms with Gasteiger partial charge in [-0.05, 0) is 35.4 Å². The van der Waals surface area contributed by atoms with Crippen LogP contribution in [0.1, 0.15) is 15.9 Å². The quantitative estimate of drug-likeness (QED) is 0.441. The summed E-state index contributed by atoms with van der Waals surface area (Å²) in [6, 6.07) is 14.1. The van der Waals surface area contributed by atoms with Crippen LogP contribution in [-0.2, 0) is 18.0 Å². The van der Waals surface area contributed by atoms with Crippen LogP contribution >= 0.6 is 0 Å². The lowest BCUT2D eigenvalue weighted by molar-refractivity contribution is -0.274. The molecule has 3 rings (SSSR count). The molecule has 1 unspecified atom stereocenters. The summed E-state index contributed by atoms with van der Waals surface area (Å²) >= 11 is -1.78. The van der Waals surface area contributed by atoms with Crippen molar-refractivity contribution in [3.8, 4) is 22.6 Å². The largest absolute Gasteiger partial charge is 0.593 e. The van der Waals surface area contributed by atoms with Gasteiger partial charge in [-0.3, -0.25) is 4.79 Å². The van der Waals surface area contributed by atoms with Gasteiger partial charge in [0.15, 0.2) is 5.75 Å². The molecule has 0 aromatic heterocycles. The topological polar surface area (TPSA) is 117 Å². The number of carbonyl (C=O) groups excluding carboxylic acids is 1. The minimum absolute atomic E-state index is 0.112. The van der Waals surface area contributed by atoms with Gasteiger partial charge in [-0.1, -0.05) is 24.3 Å². The van der Waals surface area contributed by atoms with Crippen LogP contribution in [0, 0.1) is 0 Å². The fourth-order valence-corrected chi connectivity index (χ4v) is 3.69.